The maximum Gasteiger partial charge on any atom is 0.223 e. The molecule has 0 atom stereocenters. The lowest BCUT2D eigenvalue weighted by atomic mass is 10.1. The van der Waals surface area contributed by atoms with Crippen molar-refractivity contribution in [3.63, 3.8) is 0 Å². The number of benzene rings is 2. The number of carbonyl (C=O) groups excluding carboxylic acids is 1. The third-order valence-electron chi connectivity index (χ3n) is 2.57. The molecule has 0 aliphatic rings. The minimum Gasteiger partial charge on any atom is -0.286 e. The molecule has 6 heteroatoms. The molecule has 1 N–H and O–H groups in total. The summed E-state index contributed by atoms with van der Waals surface area (Å²) in [6.07, 6.45) is 0. The number of hydrogen-bond acceptors (Lipinski definition) is 4. The summed E-state index contributed by atoms with van der Waals surface area (Å²) >= 11 is 11.5. The Morgan fingerprint density at radius 3 is 2.05 bits per heavy atom. The Labute approximate surface area is 131 Å². The summed E-state index contributed by atoms with van der Waals surface area (Å²) in [4.78, 5) is 12.1. The second kappa shape index (κ2) is 6.89. The third-order valence-corrected chi connectivity index (χ3v) is 3.07. The monoisotopic (exact) mass is 317 g/mol. The molecule has 0 aliphatic heterocycles. The number of anilines is 1. The van der Waals surface area contributed by atoms with Gasteiger partial charge in [-0.25, -0.2) is 0 Å². The molecule has 0 aromatic heterocycles. The molecule has 0 aliphatic carbocycles. The van der Waals surface area contributed by atoms with Crippen molar-refractivity contribution in [3.05, 3.63) is 64.1 Å². The molecular formula is C15H9Cl2N3O. The lowest BCUT2D eigenvalue weighted by molar-refractivity contribution is 0.106. The van der Waals surface area contributed by atoms with Crippen LogP contribution in [0.4, 0.5) is 5.69 Å². The highest BCUT2D eigenvalue weighted by atomic mass is 35.5. The molecule has 0 amide bonds. The summed E-state index contributed by atoms with van der Waals surface area (Å²) in [5.74, 6) is -0.476. The average Bonchev–Trinajstić information content (AvgIpc) is 2.50. The first kappa shape index (κ1) is 15.0. The molecule has 0 fully saturated rings. The Morgan fingerprint density at radius 1 is 1.00 bits per heavy atom. The molecule has 21 heavy (non-hydrogen) atoms. The van der Waals surface area contributed by atoms with E-state index in [0.29, 0.717) is 21.3 Å². The number of hydrazone groups is 1. The van der Waals surface area contributed by atoms with Crippen LogP contribution < -0.4 is 5.43 Å². The van der Waals surface area contributed by atoms with Crippen molar-refractivity contribution in [1.29, 1.82) is 5.26 Å². The van der Waals surface area contributed by atoms with Crippen molar-refractivity contribution >= 4 is 40.4 Å². The molecule has 2 aromatic rings. The highest BCUT2D eigenvalue weighted by Crippen LogP contribution is 2.14. The highest BCUT2D eigenvalue weighted by molar-refractivity contribution is 6.51. The average molecular weight is 318 g/mol. The number of nitriles is 1. The second-order valence-electron chi connectivity index (χ2n) is 4.03. The van der Waals surface area contributed by atoms with E-state index in [1.807, 2.05) is 0 Å². The van der Waals surface area contributed by atoms with Gasteiger partial charge in [0.05, 0.1) is 5.69 Å². The lowest BCUT2D eigenvalue weighted by Crippen LogP contribution is -2.14. The smallest absolute Gasteiger partial charge is 0.223 e. The van der Waals surface area contributed by atoms with Crippen LogP contribution >= 0.6 is 23.2 Å². The first-order valence-corrected chi connectivity index (χ1v) is 6.65. The van der Waals surface area contributed by atoms with Gasteiger partial charge in [0.25, 0.3) is 0 Å². The van der Waals surface area contributed by atoms with Gasteiger partial charge < -0.3 is 0 Å². The fraction of sp³-hybridized carbons (Fsp3) is 0. The largest absolute Gasteiger partial charge is 0.286 e. The molecule has 0 bridgehead atoms. The quantitative estimate of drug-likeness (QED) is 0.523. The molecule has 4 nitrogen and oxygen atoms in total. The van der Waals surface area contributed by atoms with E-state index in [1.54, 1.807) is 54.6 Å². The number of halogens is 2. The van der Waals surface area contributed by atoms with Crippen LogP contribution in [0.3, 0.4) is 0 Å². The van der Waals surface area contributed by atoms with E-state index >= 15 is 0 Å². The number of hydrogen-bond donors (Lipinski definition) is 1. The molecule has 0 spiro atoms. The summed E-state index contributed by atoms with van der Waals surface area (Å²) in [6.45, 7) is 0. The van der Waals surface area contributed by atoms with Crippen molar-refractivity contribution in [2.45, 2.75) is 0 Å². The minimum atomic E-state index is -0.476. The fourth-order valence-electron chi connectivity index (χ4n) is 1.51. The van der Waals surface area contributed by atoms with Crippen LogP contribution in [-0.4, -0.2) is 11.5 Å². The Balaban J connectivity index is 2.17. The number of rotatable bonds is 4. The molecule has 0 saturated heterocycles. The van der Waals surface area contributed by atoms with Gasteiger partial charge in [-0.1, -0.05) is 23.2 Å². The number of Topliss-reactive ketones (excluding diaryl/α,β-unsaturated/α-hetero) is 1. The Kier molecular flexibility index (Phi) is 4.94. The van der Waals surface area contributed by atoms with E-state index in [4.69, 9.17) is 28.5 Å². The van der Waals surface area contributed by atoms with E-state index in [1.165, 1.54) is 0 Å². The molecule has 2 aromatic carbocycles. The van der Waals surface area contributed by atoms with Crippen molar-refractivity contribution < 1.29 is 4.79 Å². The number of nitrogens with one attached hydrogen (secondary N) is 1. The molecular weight excluding hydrogens is 309 g/mol. The Hall–Kier alpha value is -2.35. The molecule has 2 rings (SSSR count). The van der Waals surface area contributed by atoms with E-state index in [-0.39, 0.29) is 5.71 Å². The fourth-order valence-corrected chi connectivity index (χ4v) is 1.76. The summed E-state index contributed by atoms with van der Waals surface area (Å²) in [6, 6.07) is 14.7. The molecule has 104 valence electrons. The van der Waals surface area contributed by atoms with E-state index in [0.717, 1.165) is 0 Å². The zero-order chi connectivity index (χ0) is 15.2. The van der Waals surface area contributed by atoms with Crippen LogP contribution in [0.25, 0.3) is 0 Å². The van der Waals surface area contributed by atoms with Gasteiger partial charge in [-0.3, -0.25) is 10.2 Å². The van der Waals surface area contributed by atoms with Crippen LogP contribution in [0.1, 0.15) is 10.4 Å². The van der Waals surface area contributed by atoms with Gasteiger partial charge in [-0.05, 0) is 48.5 Å². The summed E-state index contributed by atoms with van der Waals surface area (Å²) in [5, 5.41) is 14.0. The normalized spacial score (nSPS) is 10.8. The van der Waals surface area contributed by atoms with Crippen molar-refractivity contribution in [3.8, 4) is 6.07 Å². The van der Waals surface area contributed by atoms with Gasteiger partial charge in [0.15, 0.2) is 0 Å². The first-order chi connectivity index (χ1) is 10.1. The van der Waals surface area contributed by atoms with Crippen molar-refractivity contribution in [2.75, 3.05) is 5.43 Å². The Morgan fingerprint density at radius 2 is 1.52 bits per heavy atom. The van der Waals surface area contributed by atoms with Crippen LogP contribution in [0.5, 0.6) is 0 Å². The predicted molar refractivity (Wildman–Crippen MR) is 83.9 cm³/mol. The van der Waals surface area contributed by atoms with Gasteiger partial charge in [-0.15, -0.1) is 0 Å². The molecule has 0 saturated carbocycles. The maximum absolute atomic E-state index is 12.1. The number of nitrogens with zero attached hydrogens (tertiary/aromatic N) is 2. The Bertz CT molecular complexity index is 716. The topological polar surface area (TPSA) is 65.2 Å². The van der Waals surface area contributed by atoms with Crippen LogP contribution in [-0.2, 0) is 0 Å². The minimum absolute atomic E-state index is 0.243. The SMILES string of the molecule is N#C/C(=N\Nc1ccc(Cl)cc1)C(=O)c1ccc(Cl)cc1. The first-order valence-electron chi connectivity index (χ1n) is 5.90. The van der Waals surface area contributed by atoms with E-state index in [2.05, 4.69) is 10.5 Å². The zero-order valence-electron chi connectivity index (χ0n) is 10.7. The van der Waals surface area contributed by atoms with Gasteiger partial charge >= 0.3 is 0 Å². The molecule has 0 radical (unpaired) electrons. The molecule has 0 unspecified atom stereocenters. The zero-order valence-corrected chi connectivity index (χ0v) is 12.2. The third kappa shape index (κ3) is 4.06. The second-order valence-corrected chi connectivity index (χ2v) is 4.90. The maximum atomic E-state index is 12.1. The van der Waals surface area contributed by atoms with Gasteiger partial charge in [0.2, 0.25) is 11.5 Å². The standard InChI is InChI=1S/C15H9Cl2N3O/c16-11-3-1-10(2-4-11)15(21)14(9-18)20-19-13-7-5-12(17)6-8-13/h1-8,19H/b20-14+. The van der Waals surface area contributed by atoms with Crippen LogP contribution in [0.15, 0.2) is 53.6 Å². The summed E-state index contributed by atoms with van der Waals surface area (Å²) in [7, 11) is 0. The lowest BCUT2D eigenvalue weighted by Gasteiger charge is -2.02. The van der Waals surface area contributed by atoms with Gasteiger partial charge in [0, 0.05) is 15.6 Å². The van der Waals surface area contributed by atoms with Gasteiger partial charge in [0.1, 0.15) is 6.07 Å². The number of carbonyl (C=O) groups is 1. The summed E-state index contributed by atoms with van der Waals surface area (Å²) in [5.41, 5.74) is 3.37. The highest BCUT2D eigenvalue weighted by Gasteiger charge is 2.13. The van der Waals surface area contributed by atoms with Gasteiger partial charge in [-0.2, -0.15) is 10.4 Å². The van der Waals surface area contributed by atoms with Crippen molar-refractivity contribution in [1.82, 2.24) is 0 Å². The van der Waals surface area contributed by atoms with E-state index < -0.39 is 5.78 Å². The summed E-state index contributed by atoms with van der Waals surface area (Å²) < 4.78 is 0. The predicted octanol–water partition coefficient (Wildman–Crippen LogP) is 4.17. The number of ketones is 1. The van der Waals surface area contributed by atoms with Crippen LogP contribution in [0, 0.1) is 11.3 Å². The van der Waals surface area contributed by atoms with E-state index in [9.17, 15) is 4.79 Å². The van der Waals surface area contributed by atoms with Crippen molar-refractivity contribution in [2.24, 2.45) is 5.10 Å². The van der Waals surface area contributed by atoms with Crippen LogP contribution in [0.2, 0.25) is 10.0 Å². The molecule has 0 heterocycles.